The van der Waals surface area contributed by atoms with E-state index in [0.29, 0.717) is 5.56 Å². The molecule has 1 aromatic carbocycles. The molecule has 3 amide bonds. The third kappa shape index (κ3) is 8.36. The Morgan fingerprint density at radius 2 is 1.66 bits per heavy atom. The molecular formula is C25H39N3O4. The molecule has 1 aromatic rings. The van der Waals surface area contributed by atoms with Crippen LogP contribution in [0.15, 0.2) is 30.8 Å². The van der Waals surface area contributed by atoms with E-state index in [1.807, 2.05) is 58.9 Å². The van der Waals surface area contributed by atoms with Gasteiger partial charge in [-0.1, -0.05) is 30.9 Å². The third-order valence-corrected chi connectivity index (χ3v) is 4.40. The minimum atomic E-state index is -0.889. The molecular weight excluding hydrogens is 406 g/mol. The van der Waals surface area contributed by atoms with Gasteiger partial charge in [-0.2, -0.15) is 0 Å². The molecule has 0 fully saturated rings. The molecule has 178 valence electrons. The van der Waals surface area contributed by atoms with Crippen molar-refractivity contribution < 1.29 is 19.1 Å². The average Bonchev–Trinajstić information content (AvgIpc) is 2.61. The number of carbonyl (C=O) groups is 3. The van der Waals surface area contributed by atoms with Crippen molar-refractivity contribution in [2.75, 3.05) is 0 Å². The maximum absolute atomic E-state index is 13.5. The van der Waals surface area contributed by atoms with Crippen molar-refractivity contribution in [3.05, 3.63) is 42.0 Å². The molecule has 0 bridgehead atoms. The molecule has 0 aliphatic heterocycles. The van der Waals surface area contributed by atoms with Gasteiger partial charge >= 0.3 is 6.09 Å². The topological polar surface area (TPSA) is 87.7 Å². The van der Waals surface area contributed by atoms with Crippen LogP contribution in [0.5, 0.6) is 0 Å². The van der Waals surface area contributed by atoms with Crippen LogP contribution in [0.4, 0.5) is 4.79 Å². The smallest absolute Gasteiger partial charge is 0.408 e. The minimum absolute atomic E-state index is 0.301. The number of alkyl carbamates (subject to hydrolysis) is 1. The summed E-state index contributed by atoms with van der Waals surface area (Å²) in [5.41, 5.74) is 0.324. The highest BCUT2D eigenvalue weighted by atomic mass is 16.6. The normalized spacial score (nSPS) is 13.7. The summed E-state index contributed by atoms with van der Waals surface area (Å²) < 4.78 is 5.28. The van der Waals surface area contributed by atoms with Gasteiger partial charge in [-0.15, -0.1) is 0 Å². The lowest BCUT2D eigenvalue weighted by Gasteiger charge is -2.38. The number of benzene rings is 1. The van der Waals surface area contributed by atoms with E-state index in [0.717, 1.165) is 5.56 Å². The lowest BCUT2D eigenvalue weighted by Crippen LogP contribution is -2.55. The summed E-state index contributed by atoms with van der Waals surface area (Å²) in [6, 6.07) is 5.28. The molecule has 0 radical (unpaired) electrons. The molecule has 2 unspecified atom stereocenters. The van der Waals surface area contributed by atoms with Crippen LogP contribution >= 0.6 is 0 Å². The van der Waals surface area contributed by atoms with E-state index in [9.17, 15) is 14.4 Å². The van der Waals surface area contributed by atoms with Crippen LogP contribution in [0.1, 0.15) is 79.5 Å². The summed E-state index contributed by atoms with van der Waals surface area (Å²) in [5, 5.41) is 5.57. The predicted octanol–water partition coefficient (Wildman–Crippen LogP) is 4.44. The summed E-state index contributed by atoms with van der Waals surface area (Å²) in [7, 11) is 0. The van der Waals surface area contributed by atoms with Crippen LogP contribution in [0.25, 0.3) is 6.08 Å². The van der Waals surface area contributed by atoms with Crippen molar-refractivity contribution in [1.82, 2.24) is 15.5 Å². The standard InChI is InChI=1S/C25H39N3O4/c1-11-18-13-12-14-19(15-18)20(21(29)27-24(5,6)7)28(16(2)3)22(30)17(4)26-23(31)32-25(8,9)10/h11-17,20H,1H2,2-10H3,(H,26,31)(H,27,29). The Balaban J connectivity index is 3.37. The van der Waals surface area contributed by atoms with Gasteiger partial charge in [-0.05, 0) is 79.5 Å². The van der Waals surface area contributed by atoms with E-state index in [4.69, 9.17) is 4.74 Å². The Morgan fingerprint density at radius 1 is 1.06 bits per heavy atom. The molecule has 0 aromatic heterocycles. The second-order valence-corrected chi connectivity index (χ2v) is 10.2. The maximum atomic E-state index is 13.5. The van der Waals surface area contributed by atoms with Crippen molar-refractivity contribution in [2.45, 2.75) is 91.6 Å². The Morgan fingerprint density at radius 3 is 2.12 bits per heavy atom. The molecule has 0 aliphatic carbocycles. The third-order valence-electron chi connectivity index (χ3n) is 4.40. The highest BCUT2D eigenvalue weighted by Crippen LogP contribution is 2.27. The fourth-order valence-corrected chi connectivity index (χ4v) is 3.18. The summed E-state index contributed by atoms with van der Waals surface area (Å²) in [6.07, 6.45) is 1.00. The van der Waals surface area contributed by atoms with Crippen molar-refractivity contribution >= 4 is 24.0 Å². The minimum Gasteiger partial charge on any atom is -0.444 e. The van der Waals surface area contributed by atoms with Gasteiger partial charge in [-0.3, -0.25) is 9.59 Å². The van der Waals surface area contributed by atoms with Gasteiger partial charge in [0.05, 0.1) is 0 Å². The molecule has 7 heteroatoms. The summed E-state index contributed by atoms with van der Waals surface area (Å²) in [4.78, 5) is 40.6. The number of nitrogens with zero attached hydrogens (tertiary/aromatic N) is 1. The maximum Gasteiger partial charge on any atom is 0.408 e. The molecule has 0 saturated carbocycles. The number of hydrogen-bond donors (Lipinski definition) is 2. The van der Waals surface area contributed by atoms with E-state index >= 15 is 0 Å². The van der Waals surface area contributed by atoms with Crippen molar-refractivity contribution in [3.63, 3.8) is 0 Å². The van der Waals surface area contributed by atoms with Gasteiger partial charge < -0.3 is 20.3 Å². The van der Waals surface area contributed by atoms with E-state index in [-0.39, 0.29) is 17.9 Å². The molecule has 0 saturated heterocycles. The van der Waals surface area contributed by atoms with Crippen molar-refractivity contribution in [1.29, 1.82) is 0 Å². The Bertz CT molecular complexity index is 834. The molecule has 2 atom stereocenters. The average molecular weight is 446 g/mol. The second-order valence-electron chi connectivity index (χ2n) is 10.2. The van der Waals surface area contributed by atoms with E-state index in [1.165, 1.54) is 4.90 Å². The number of ether oxygens (including phenoxy) is 1. The van der Waals surface area contributed by atoms with Crippen molar-refractivity contribution in [2.24, 2.45) is 0 Å². The van der Waals surface area contributed by atoms with Crippen LogP contribution in [-0.4, -0.2) is 46.0 Å². The van der Waals surface area contributed by atoms with Crippen LogP contribution in [0.2, 0.25) is 0 Å². The van der Waals surface area contributed by atoms with Crippen LogP contribution in [0, 0.1) is 0 Å². The van der Waals surface area contributed by atoms with Gasteiger partial charge in [0.25, 0.3) is 0 Å². The van der Waals surface area contributed by atoms with E-state index in [1.54, 1.807) is 33.8 Å². The zero-order valence-corrected chi connectivity index (χ0v) is 20.9. The first kappa shape index (κ1) is 27.2. The molecule has 32 heavy (non-hydrogen) atoms. The van der Waals surface area contributed by atoms with E-state index < -0.39 is 29.3 Å². The SMILES string of the molecule is C=Cc1cccc(C(C(=O)NC(C)(C)C)N(C(=O)C(C)NC(=O)OC(C)(C)C)C(C)C)c1. The van der Waals surface area contributed by atoms with Crippen molar-refractivity contribution in [3.8, 4) is 0 Å². The van der Waals surface area contributed by atoms with Gasteiger partial charge in [0, 0.05) is 11.6 Å². The highest BCUT2D eigenvalue weighted by molar-refractivity contribution is 5.92. The van der Waals surface area contributed by atoms with E-state index in [2.05, 4.69) is 17.2 Å². The largest absolute Gasteiger partial charge is 0.444 e. The molecule has 0 aliphatic rings. The zero-order valence-electron chi connectivity index (χ0n) is 20.9. The highest BCUT2D eigenvalue weighted by Gasteiger charge is 2.37. The Kier molecular flexibility index (Phi) is 9.06. The second kappa shape index (κ2) is 10.7. The first-order valence-corrected chi connectivity index (χ1v) is 10.9. The first-order chi connectivity index (χ1) is 14.6. The molecule has 7 nitrogen and oxygen atoms in total. The van der Waals surface area contributed by atoms with Crippen LogP contribution in [0.3, 0.4) is 0 Å². The first-order valence-electron chi connectivity index (χ1n) is 10.9. The lowest BCUT2D eigenvalue weighted by molar-refractivity contribution is -0.144. The summed E-state index contributed by atoms with van der Waals surface area (Å²) >= 11 is 0. The fraction of sp³-hybridized carbons (Fsp3) is 0.560. The quantitative estimate of drug-likeness (QED) is 0.650. The Labute approximate surface area is 192 Å². The van der Waals surface area contributed by atoms with Crippen LogP contribution < -0.4 is 10.6 Å². The number of nitrogens with one attached hydrogen (secondary N) is 2. The molecule has 1 rings (SSSR count). The Hall–Kier alpha value is -2.83. The molecule has 0 spiro atoms. The van der Waals surface area contributed by atoms with Gasteiger partial charge in [0.2, 0.25) is 11.8 Å². The molecule has 0 heterocycles. The summed E-state index contributed by atoms with van der Waals surface area (Å²) in [5.74, 6) is -0.686. The predicted molar refractivity (Wildman–Crippen MR) is 128 cm³/mol. The number of amides is 3. The van der Waals surface area contributed by atoms with Gasteiger partial charge in [0.1, 0.15) is 17.7 Å². The fourth-order valence-electron chi connectivity index (χ4n) is 3.18. The number of hydrogen-bond acceptors (Lipinski definition) is 4. The van der Waals surface area contributed by atoms with Crippen LogP contribution in [-0.2, 0) is 14.3 Å². The molecule has 2 N–H and O–H groups in total. The zero-order chi connectivity index (χ0) is 24.9. The lowest BCUT2D eigenvalue weighted by atomic mass is 9.98. The number of rotatable bonds is 7. The number of carbonyl (C=O) groups excluding carboxylic acids is 3. The van der Waals surface area contributed by atoms with Gasteiger partial charge in [-0.25, -0.2) is 4.79 Å². The van der Waals surface area contributed by atoms with Gasteiger partial charge in [0.15, 0.2) is 0 Å². The summed E-state index contributed by atoms with van der Waals surface area (Å²) in [6.45, 7) is 20.0. The monoisotopic (exact) mass is 445 g/mol.